The highest BCUT2D eigenvalue weighted by molar-refractivity contribution is 7.92. The second-order valence-corrected chi connectivity index (χ2v) is 8.48. The number of hydrogen-bond donors (Lipinski definition) is 2. The van der Waals surface area contributed by atoms with Crippen molar-refractivity contribution in [2.24, 2.45) is 0 Å². The van der Waals surface area contributed by atoms with Crippen molar-refractivity contribution >= 4 is 21.4 Å². The predicted molar refractivity (Wildman–Crippen MR) is 109 cm³/mol. The summed E-state index contributed by atoms with van der Waals surface area (Å²) >= 11 is 0. The Morgan fingerprint density at radius 3 is 2.56 bits per heavy atom. The van der Waals surface area contributed by atoms with Gasteiger partial charge in [-0.2, -0.15) is 0 Å². The summed E-state index contributed by atoms with van der Waals surface area (Å²) in [7, 11) is -3.31. The number of aryl methyl sites for hydroxylation is 1. The molecule has 0 aliphatic carbocycles. The third-order valence-corrected chi connectivity index (χ3v) is 4.99. The van der Waals surface area contributed by atoms with Crippen LogP contribution in [0.3, 0.4) is 0 Å². The van der Waals surface area contributed by atoms with Crippen molar-refractivity contribution < 1.29 is 13.2 Å². The third-order valence-electron chi connectivity index (χ3n) is 4.38. The van der Waals surface area contributed by atoms with Crippen LogP contribution in [0, 0.1) is 6.92 Å². The molecular formula is C21H20N2O3S. The van der Waals surface area contributed by atoms with Gasteiger partial charge in [-0.15, -0.1) is 0 Å². The SMILES string of the molecule is Cc1ccc2c(c1)NCc1cc(-c3cccc(NS(C)(=O)=O)c3)ccc1O2. The van der Waals surface area contributed by atoms with Gasteiger partial charge < -0.3 is 10.1 Å². The van der Waals surface area contributed by atoms with Crippen LogP contribution >= 0.6 is 0 Å². The number of sulfonamides is 1. The molecule has 1 heterocycles. The topological polar surface area (TPSA) is 67.4 Å². The molecule has 0 atom stereocenters. The minimum atomic E-state index is -3.31. The van der Waals surface area contributed by atoms with Gasteiger partial charge in [-0.3, -0.25) is 4.72 Å². The summed E-state index contributed by atoms with van der Waals surface area (Å²) in [6.45, 7) is 2.70. The molecule has 3 aromatic rings. The lowest BCUT2D eigenvalue weighted by Gasteiger charge is -2.11. The van der Waals surface area contributed by atoms with Crippen molar-refractivity contribution in [3.63, 3.8) is 0 Å². The van der Waals surface area contributed by atoms with E-state index >= 15 is 0 Å². The Kier molecular flexibility index (Phi) is 4.28. The van der Waals surface area contributed by atoms with Crippen LogP contribution in [-0.4, -0.2) is 14.7 Å². The Balaban J connectivity index is 1.67. The molecule has 2 N–H and O–H groups in total. The molecule has 3 aromatic carbocycles. The Morgan fingerprint density at radius 1 is 0.963 bits per heavy atom. The summed E-state index contributed by atoms with van der Waals surface area (Å²) in [5.74, 6) is 1.63. The van der Waals surface area contributed by atoms with Crippen molar-refractivity contribution in [2.45, 2.75) is 13.5 Å². The van der Waals surface area contributed by atoms with Crippen LogP contribution in [0.25, 0.3) is 11.1 Å². The first kappa shape index (κ1) is 17.4. The summed E-state index contributed by atoms with van der Waals surface area (Å²) in [5, 5.41) is 3.43. The molecular weight excluding hydrogens is 360 g/mol. The molecule has 0 spiro atoms. The number of benzene rings is 3. The smallest absolute Gasteiger partial charge is 0.229 e. The molecule has 0 aromatic heterocycles. The summed E-state index contributed by atoms with van der Waals surface area (Å²) in [4.78, 5) is 0. The van der Waals surface area contributed by atoms with Crippen LogP contribution in [0.1, 0.15) is 11.1 Å². The summed E-state index contributed by atoms with van der Waals surface area (Å²) in [6, 6.07) is 19.4. The Hall–Kier alpha value is -2.99. The second-order valence-electron chi connectivity index (χ2n) is 6.73. The van der Waals surface area contributed by atoms with Gasteiger partial charge in [-0.25, -0.2) is 8.42 Å². The van der Waals surface area contributed by atoms with Crippen LogP contribution < -0.4 is 14.8 Å². The minimum absolute atomic E-state index is 0.544. The van der Waals surface area contributed by atoms with E-state index < -0.39 is 10.0 Å². The molecule has 1 aliphatic rings. The first-order valence-corrected chi connectivity index (χ1v) is 10.5. The quantitative estimate of drug-likeness (QED) is 0.688. The molecule has 0 saturated carbocycles. The number of rotatable bonds is 3. The van der Waals surface area contributed by atoms with E-state index in [4.69, 9.17) is 4.74 Å². The monoisotopic (exact) mass is 380 g/mol. The van der Waals surface area contributed by atoms with E-state index in [0.717, 1.165) is 40.1 Å². The number of ether oxygens (including phenoxy) is 1. The van der Waals surface area contributed by atoms with Crippen LogP contribution in [0.2, 0.25) is 0 Å². The molecule has 0 saturated heterocycles. The summed E-state index contributed by atoms with van der Waals surface area (Å²) < 4.78 is 31.5. The van der Waals surface area contributed by atoms with Crippen molar-refractivity contribution in [3.8, 4) is 22.6 Å². The molecule has 0 unspecified atom stereocenters. The van der Waals surface area contributed by atoms with Gasteiger partial charge in [0.25, 0.3) is 0 Å². The zero-order valence-corrected chi connectivity index (χ0v) is 15.9. The average Bonchev–Trinajstić information content (AvgIpc) is 2.79. The fourth-order valence-electron chi connectivity index (χ4n) is 3.15. The van der Waals surface area contributed by atoms with Gasteiger partial charge in [0.1, 0.15) is 5.75 Å². The van der Waals surface area contributed by atoms with Gasteiger partial charge >= 0.3 is 0 Å². The Morgan fingerprint density at radius 2 is 1.74 bits per heavy atom. The van der Waals surface area contributed by atoms with E-state index in [1.165, 1.54) is 5.56 Å². The fraction of sp³-hybridized carbons (Fsp3) is 0.143. The Bertz CT molecular complexity index is 1120. The zero-order chi connectivity index (χ0) is 19.0. The van der Waals surface area contributed by atoms with Crippen LogP contribution in [0.4, 0.5) is 11.4 Å². The van der Waals surface area contributed by atoms with Crippen LogP contribution in [0.15, 0.2) is 60.7 Å². The standard InChI is InChI=1S/C21H20N2O3S/c1-14-6-8-21-19(10-14)22-13-17-11-16(7-9-20(17)26-21)15-4-3-5-18(12-15)23-27(2,24)25/h3-12,22-23H,13H2,1-2H3. The molecule has 0 radical (unpaired) electrons. The first-order chi connectivity index (χ1) is 12.9. The largest absolute Gasteiger partial charge is 0.455 e. The van der Waals surface area contributed by atoms with Crippen molar-refractivity contribution in [1.29, 1.82) is 0 Å². The van der Waals surface area contributed by atoms with Gasteiger partial charge in [-0.05, 0) is 60.0 Å². The third kappa shape index (κ3) is 3.90. The van der Waals surface area contributed by atoms with Gasteiger partial charge in [-0.1, -0.05) is 24.3 Å². The van der Waals surface area contributed by atoms with E-state index in [1.54, 1.807) is 6.07 Å². The highest BCUT2D eigenvalue weighted by atomic mass is 32.2. The average molecular weight is 380 g/mol. The van der Waals surface area contributed by atoms with E-state index in [1.807, 2.05) is 42.5 Å². The zero-order valence-electron chi connectivity index (χ0n) is 15.1. The van der Waals surface area contributed by atoms with Gasteiger partial charge in [0.2, 0.25) is 10.0 Å². The second kappa shape index (κ2) is 6.63. The van der Waals surface area contributed by atoms with E-state index in [0.29, 0.717) is 12.2 Å². The van der Waals surface area contributed by atoms with E-state index in [2.05, 4.69) is 29.1 Å². The number of anilines is 2. The molecule has 0 bridgehead atoms. The molecule has 27 heavy (non-hydrogen) atoms. The van der Waals surface area contributed by atoms with Crippen LogP contribution in [0.5, 0.6) is 11.5 Å². The predicted octanol–water partition coefficient (Wildman–Crippen LogP) is 4.75. The van der Waals surface area contributed by atoms with Gasteiger partial charge in [0.05, 0.1) is 11.9 Å². The number of fused-ring (bicyclic) bond motifs is 2. The lowest BCUT2D eigenvalue weighted by Crippen LogP contribution is -2.09. The summed E-state index contributed by atoms with van der Waals surface area (Å²) in [6.07, 6.45) is 1.14. The molecule has 4 rings (SSSR count). The number of hydrogen-bond acceptors (Lipinski definition) is 4. The maximum atomic E-state index is 11.5. The first-order valence-electron chi connectivity index (χ1n) is 8.61. The molecule has 6 heteroatoms. The van der Waals surface area contributed by atoms with Crippen molar-refractivity contribution in [1.82, 2.24) is 0 Å². The van der Waals surface area contributed by atoms with E-state index in [9.17, 15) is 8.42 Å². The van der Waals surface area contributed by atoms with Crippen LogP contribution in [-0.2, 0) is 16.6 Å². The lowest BCUT2D eigenvalue weighted by atomic mass is 10.0. The molecule has 0 amide bonds. The normalized spacial score (nSPS) is 12.8. The highest BCUT2D eigenvalue weighted by Gasteiger charge is 2.15. The summed E-state index contributed by atoms with van der Waals surface area (Å²) in [5.41, 5.74) is 5.67. The Labute approximate surface area is 159 Å². The highest BCUT2D eigenvalue weighted by Crippen LogP contribution is 2.38. The van der Waals surface area contributed by atoms with Crippen molar-refractivity contribution in [3.05, 3.63) is 71.8 Å². The molecule has 1 aliphatic heterocycles. The van der Waals surface area contributed by atoms with E-state index in [-0.39, 0.29) is 0 Å². The molecule has 0 fully saturated rings. The van der Waals surface area contributed by atoms with Gasteiger partial charge in [0.15, 0.2) is 5.75 Å². The minimum Gasteiger partial charge on any atom is -0.455 e. The molecule has 138 valence electrons. The maximum absolute atomic E-state index is 11.5. The van der Waals surface area contributed by atoms with Gasteiger partial charge in [0, 0.05) is 17.8 Å². The number of nitrogens with one attached hydrogen (secondary N) is 2. The fourth-order valence-corrected chi connectivity index (χ4v) is 3.71. The lowest BCUT2D eigenvalue weighted by molar-refractivity contribution is 0.484. The molecule has 5 nitrogen and oxygen atoms in total. The maximum Gasteiger partial charge on any atom is 0.229 e. The van der Waals surface area contributed by atoms with Crippen molar-refractivity contribution in [2.75, 3.05) is 16.3 Å².